The van der Waals surface area contributed by atoms with Gasteiger partial charge in [-0.15, -0.1) is 0 Å². The standard InChI is InChI=1S/C14H17FN2O4/c1-2-13-10(5-6-21-13)8-16-14(18)9-3-4-12(17(19)20)11(15)7-9/h3-4,7,10,13H,2,5-6,8H2,1H3,(H,16,18). The fourth-order valence-electron chi connectivity index (χ4n) is 2.50. The second-order valence-corrected chi connectivity index (χ2v) is 5.00. The first kappa shape index (κ1) is 15.4. The van der Waals surface area contributed by atoms with E-state index in [9.17, 15) is 19.3 Å². The van der Waals surface area contributed by atoms with E-state index in [4.69, 9.17) is 4.74 Å². The lowest BCUT2D eigenvalue weighted by Crippen LogP contribution is -2.32. The van der Waals surface area contributed by atoms with Crippen molar-refractivity contribution in [2.24, 2.45) is 5.92 Å². The number of halogens is 1. The first-order valence-corrected chi connectivity index (χ1v) is 6.86. The van der Waals surface area contributed by atoms with Crippen LogP contribution in [0.4, 0.5) is 10.1 Å². The number of hydrogen-bond acceptors (Lipinski definition) is 4. The molecule has 0 spiro atoms. The minimum absolute atomic E-state index is 0.0741. The number of ether oxygens (including phenoxy) is 1. The first-order chi connectivity index (χ1) is 10.0. The topological polar surface area (TPSA) is 81.5 Å². The Balaban J connectivity index is 1.97. The van der Waals surface area contributed by atoms with Crippen LogP contribution in [0.15, 0.2) is 18.2 Å². The van der Waals surface area contributed by atoms with E-state index in [0.29, 0.717) is 13.2 Å². The maximum absolute atomic E-state index is 13.5. The summed E-state index contributed by atoms with van der Waals surface area (Å²) in [5.74, 6) is -1.20. The van der Waals surface area contributed by atoms with E-state index in [0.717, 1.165) is 25.0 Å². The molecule has 21 heavy (non-hydrogen) atoms. The van der Waals surface area contributed by atoms with E-state index in [1.165, 1.54) is 6.07 Å². The van der Waals surface area contributed by atoms with Crippen molar-refractivity contribution in [2.45, 2.75) is 25.9 Å². The van der Waals surface area contributed by atoms with Gasteiger partial charge in [0.2, 0.25) is 5.82 Å². The molecule has 2 unspecified atom stereocenters. The van der Waals surface area contributed by atoms with Crippen molar-refractivity contribution in [1.82, 2.24) is 5.32 Å². The lowest BCUT2D eigenvalue weighted by molar-refractivity contribution is -0.387. The molecule has 1 N–H and O–H groups in total. The van der Waals surface area contributed by atoms with E-state index in [1.54, 1.807) is 0 Å². The van der Waals surface area contributed by atoms with Gasteiger partial charge in [0.25, 0.3) is 5.91 Å². The number of nitrogens with one attached hydrogen (secondary N) is 1. The third-order valence-electron chi connectivity index (χ3n) is 3.68. The summed E-state index contributed by atoms with van der Waals surface area (Å²) in [5, 5.41) is 13.2. The molecule has 0 saturated carbocycles. The lowest BCUT2D eigenvalue weighted by atomic mass is 9.99. The molecule has 2 rings (SSSR count). The zero-order chi connectivity index (χ0) is 15.4. The Morgan fingerprint density at radius 2 is 2.33 bits per heavy atom. The maximum atomic E-state index is 13.5. The molecule has 1 amide bonds. The molecule has 1 aromatic carbocycles. The number of nitro benzene ring substituents is 1. The maximum Gasteiger partial charge on any atom is 0.304 e. The summed E-state index contributed by atoms with van der Waals surface area (Å²) < 4.78 is 19.0. The Morgan fingerprint density at radius 3 is 2.95 bits per heavy atom. The van der Waals surface area contributed by atoms with Crippen molar-refractivity contribution < 1.29 is 18.8 Å². The smallest absolute Gasteiger partial charge is 0.304 e. The van der Waals surface area contributed by atoms with Crippen LogP contribution in [0.5, 0.6) is 0 Å². The zero-order valence-electron chi connectivity index (χ0n) is 11.7. The predicted molar refractivity (Wildman–Crippen MR) is 73.5 cm³/mol. The molecular formula is C14H17FN2O4. The van der Waals surface area contributed by atoms with Gasteiger partial charge in [0.05, 0.1) is 11.0 Å². The molecule has 0 radical (unpaired) electrons. The van der Waals surface area contributed by atoms with Gasteiger partial charge < -0.3 is 10.1 Å². The highest BCUT2D eigenvalue weighted by Crippen LogP contribution is 2.23. The summed E-state index contributed by atoms with van der Waals surface area (Å²) in [5.41, 5.74) is -0.563. The number of amides is 1. The molecule has 6 nitrogen and oxygen atoms in total. The normalized spacial score (nSPS) is 21.2. The number of rotatable bonds is 5. The minimum Gasteiger partial charge on any atom is -0.378 e. The van der Waals surface area contributed by atoms with Gasteiger partial charge in [0.15, 0.2) is 0 Å². The summed E-state index contributed by atoms with van der Waals surface area (Å²) in [4.78, 5) is 21.6. The van der Waals surface area contributed by atoms with Crippen LogP contribution in [0.2, 0.25) is 0 Å². The highest BCUT2D eigenvalue weighted by Gasteiger charge is 2.27. The number of hydrogen-bond donors (Lipinski definition) is 1. The van der Waals surface area contributed by atoms with Gasteiger partial charge in [0.1, 0.15) is 0 Å². The van der Waals surface area contributed by atoms with Crippen molar-refractivity contribution >= 4 is 11.6 Å². The third-order valence-corrected chi connectivity index (χ3v) is 3.68. The van der Waals surface area contributed by atoms with E-state index >= 15 is 0 Å². The van der Waals surface area contributed by atoms with Crippen molar-refractivity contribution in [2.75, 3.05) is 13.2 Å². The largest absolute Gasteiger partial charge is 0.378 e. The van der Waals surface area contributed by atoms with Crippen LogP contribution in [0.25, 0.3) is 0 Å². The van der Waals surface area contributed by atoms with Gasteiger partial charge in [-0.05, 0) is 25.0 Å². The second kappa shape index (κ2) is 6.62. The van der Waals surface area contributed by atoms with Gasteiger partial charge in [-0.3, -0.25) is 14.9 Å². The van der Waals surface area contributed by atoms with Crippen molar-refractivity contribution in [3.05, 3.63) is 39.7 Å². The molecule has 1 saturated heterocycles. The van der Waals surface area contributed by atoms with Crippen molar-refractivity contribution in [3.8, 4) is 0 Å². The van der Waals surface area contributed by atoms with E-state index in [-0.39, 0.29) is 17.6 Å². The lowest BCUT2D eigenvalue weighted by Gasteiger charge is -2.17. The Hall–Kier alpha value is -2.02. The van der Waals surface area contributed by atoms with Crippen LogP contribution in [0.1, 0.15) is 30.1 Å². The van der Waals surface area contributed by atoms with Crippen LogP contribution < -0.4 is 5.32 Å². The van der Waals surface area contributed by atoms with Crippen LogP contribution >= 0.6 is 0 Å². The average Bonchev–Trinajstić information content (AvgIpc) is 2.91. The monoisotopic (exact) mass is 296 g/mol. The Morgan fingerprint density at radius 1 is 1.57 bits per heavy atom. The fourth-order valence-corrected chi connectivity index (χ4v) is 2.50. The molecular weight excluding hydrogens is 279 g/mol. The Labute approximate surface area is 121 Å². The summed E-state index contributed by atoms with van der Waals surface area (Å²) in [7, 11) is 0. The van der Waals surface area contributed by atoms with Crippen LogP contribution in [-0.2, 0) is 4.74 Å². The molecule has 1 fully saturated rings. The molecule has 7 heteroatoms. The summed E-state index contributed by atoms with van der Waals surface area (Å²) >= 11 is 0. The van der Waals surface area contributed by atoms with Crippen LogP contribution in [0.3, 0.4) is 0 Å². The zero-order valence-corrected chi connectivity index (χ0v) is 11.7. The van der Waals surface area contributed by atoms with E-state index < -0.39 is 22.3 Å². The van der Waals surface area contributed by atoms with Crippen LogP contribution in [0, 0.1) is 21.8 Å². The second-order valence-electron chi connectivity index (χ2n) is 5.00. The molecule has 1 aliphatic rings. The van der Waals surface area contributed by atoms with Crippen molar-refractivity contribution in [3.63, 3.8) is 0 Å². The molecule has 2 atom stereocenters. The quantitative estimate of drug-likeness (QED) is 0.667. The third kappa shape index (κ3) is 3.55. The Kier molecular flexibility index (Phi) is 4.85. The molecule has 0 aromatic heterocycles. The Bertz CT molecular complexity index is 550. The number of nitrogens with zero attached hydrogens (tertiary/aromatic N) is 1. The molecule has 114 valence electrons. The van der Waals surface area contributed by atoms with Crippen molar-refractivity contribution in [1.29, 1.82) is 0 Å². The average molecular weight is 296 g/mol. The first-order valence-electron chi connectivity index (χ1n) is 6.86. The number of carbonyl (C=O) groups excluding carboxylic acids is 1. The molecule has 1 aromatic rings. The van der Waals surface area contributed by atoms with Gasteiger partial charge in [-0.25, -0.2) is 0 Å². The molecule has 0 bridgehead atoms. The molecule has 1 aliphatic heterocycles. The van der Waals surface area contributed by atoms with Gasteiger partial charge in [0, 0.05) is 30.7 Å². The van der Waals surface area contributed by atoms with Gasteiger partial charge >= 0.3 is 5.69 Å². The summed E-state index contributed by atoms with van der Waals surface area (Å²) in [6.45, 7) is 3.16. The highest BCUT2D eigenvalue weighted by atomic mass is 19.1. The minimum atomic E-state index is -1.01. The number of nitro groups is 1. The molecule has 0 aliphatic carbocycles. The SMILES string of the molecule is CCC1OCCC1CNC(=O)c1ccc([N+](=O)[O-])c(F)c1. The predicted octanol–water partition coefficient (Wildman–Crippen LogP) is 2.28. The number of benzene rings is 1. The fraction of sp³-hybridized carbons (Fsp3) is 0.500. The molecule has 1 heterocycles. The number of carbonyl (C=O) groups is 1. The van der Waals surface area contributed by atoms with Gasteiger partial charge in [-0.1, -0.05) is 6.92 Å². The summed E-state index contributed by atoms with van der Waals surface area (Å²) in [6.07, 6.45) is 1.90. The van der Waals surface area contributed by atoms with Crippen LogP contribution in [-0.4, -0.2) is 30.1 Å². The van der Waals surface area contributed by atoms with E-state index in [2.05, 4.69) is 5.32 Å². The summed E-state index contributed by atoms with van der Waals surface area (Å²) in [6, 6.07) is 3.13. The highest BCUT2D eigenvalue weighted by molar-refractivity contribution is 5.94. The van der Waals surface area contributed by atoms with Gasteiger partial charge in [-0.2, -0.15) is 4.39 Å². The van der Waals surface area contributed by atoms with E-state index in [1.807, 2.05) is 6.92 Å².